The number of fused-ring (bicyclic) bond motifs is 1. The molecule has 6 heteroatoms. The van der Waals surface area contributed by atoms with E-state index in [0.29, 0.717) is 37.9 Å². The Bertz CT molecular complexity index is 420. The van der Waals surface area contributed by atoms with Gasteiger partial charge in [0, 0.05) is 25.8 Å². The Morgan fingerprint density at radius 1 is 1.26 bits per heavy atom. The highest BCUT2D eigenvalue weighted by Gasteiger charge is 2.49. The van der Waals surface area contributed by atoms with E-state index < -0.39 is 10.0 Å². The van der Waals surface area contributed by atoms with Crippen molar-refractivity contribution in [2.75, 3.05) is 32.8 Å². The van der Waals surface area contributed by atoms with Gasteiger partial charge in [-0.25, -0.2) is 8.42 Å². The SMILES string of the molecule is CCC1C2CNCC2CN1S(=O)(=O)C1CCOCC1. The molecule has 3 unspecified atom stereocenters. The predicted molar refractivity (Wildman–Crippen MR) is 73.4 cm³/mol. The van der Waals surface area contributed by atoms with Gasteiger partial charge in [0.15, 0.2) is 0 Å². The van der Waals surface area contributed by atoms with Crippen LogP contribution in [-0.2, 0) is 14.8 Å². The molecular formula is C13H24N2O3S. The topological polar surface area (TPSA) is 58.6 Å². The first kappa shape index (κ1) is 13.8. The van der Waals surface area contributed by atoms with Crippen LogP contribution in [0.15, 0.2) is 0 Å². The van der Waals surface area contributed by atoms with E-state index in [4.69, 9.17) is 4.74 Å². The molecule has 1 N–H and O–H groups in total. The monoisotopic (exact) mass is 288 g/mol. The summed E-state index contributed by atoms with van der Waals surface area (Å²) in [4.78, 5) is 0. The summed E-state index contributed by atoms with van der Waals surface area (Å²) >= 11 is 0. The quantitative estimate of drug-likeness (QED) is 0.818. The molecule has 0 radical (unpaired) electrons. The molecule has 110 valence electrons. The molecular weight excluding hydrogens is 264 g/mol. The minimum absolute atomic E-state index is 0.202. The lowest BCUT2D eigenvalue weighted by Crippen LogP contribution is -2.45. The van der Waals surface area contributed by atoms with Gasteiger partial charge < -0.3 is 10.1 Å². The highest BCUT2D eigenvalue weighted by atomic mass is 32.2. The van der Waals surface area contributed by atoms with Crippen LogP contribution in [0.1, 0.15) is 26.2 Å². The molecule has 0 amide bonds. The number of rotatable bonds is 3. The van der Waals surface area contributed by atoms with Crippen LogP contribution >= 0.6 is 0 Å². The largest absolute Gasteiger partial charge is 0.381 e. The van der Waals surface area contributed by atoms with Crippen LogP contribution in [0.2, 0.25) is 0 Å². The van der Waals surface area contributed by atoms with Gasteiger partial charge in [0.05, 0.1) is 5.25 Å². The van der Waals surface area contributed by atoms with Gasteiger partial charge in [-0.3, -0.25) is 0 Å². The lowest BCUT2D eigenvalue weighted by molar-refractivity contribution is 0.0969. The minimum atomic E-state index is -3.14. The van der Waals surface area contributed by atoms with E-state index in [1.807, 2.05) is 4.31 Å². The molecule has 3 fully saturated rings. The number of ether oxygens (including phenoxy) is 1. The summed E-state index contributed by atoms with van der Waals surface area (Å²) in [6.45, 7) is 5.95. The first-order chi connectivity index (χ1) is 9.14. The summed E-state index contributed by atoms with van der Waals surface area (Å²) in [6.07, 6.45) is 2.23. The van der Waals surface area contributed by atoms with Gasteiger partial charge in [-0.2, -0.15) is 4.31 Å². The summed E-state index contributed by atoms with van der Waals surface area (Å²) in [5, 5.41) is 3.18. The molecule has 0 saturated carbocycles. The molecule has 0 bridgehead atoms. The highest BCUT2D eigenvalue weighted by molar-refractivity contribution is 7.89. The second-order valence-corrected chi connectivity index (χ2v) is 8.15. The molecule has 3 aliphatic heterocycles. The van der Waals surface area contributed by atoms with Crippen molar-refractivity contribution in [1.29, 1.82) is 0 Å². The predicted octanol–water partition coefficient (Wildman–Crippen LogP) is 0.425. The summed E-state index contributed by atoms with van der Waals surface area (Å²) < 4.78 is 32.8. The third kappa shape index (κ3) is 2.33. The summed E-state index contributed by atoms with van der Waals surface area (Å²) in [5.74, 6) is 1.03. The van der Waals surface area contributed by atoms with Crippen molar-refractivity contribution in [2.24, 2.45) is 11.8 Å². The van der Waals surface area contributed by atoms with E-state index in [-0.39, 0.29) is 11.3 Å². The third-order valence-electron chi connectivity index (χ3n) is 5.01. The fourth-order valence-corrected chi connectivity index (χ4v) is 6.20. The molecule has 19 heavy (non-hydrogen) atoms. The van der Waals surface area contributed by atoms with Gasteiger partial charge in [0.2, 0.25) is 10.0 Å². The van der Waals surface area contributed by atoms with Crippen LogP contribution in [0.25, 0.3) is 0 Å². The molecule has 0 aromatic heterocycles. The van der Waals surface area contributed by atoms with Gasteiger partial charge in [-0.1, -0.05) is 6.92 Å². The molecule has 0 aromatic rings. The zero-order chi connectivity index (χ0) is 13.5. The Morgan fingerprint density at radius 3 is 2.68 bits per heavy atom. The maximum Gasteiger partial charge on any atom is 0.217 e. The Kier molecular flexibility index (Phi) is 3.86. The minimum Gasteiger partial charge on any atom is -0.381 e. The van der Waals surface area contributed by atoms with Gasteiger partial charge in [0.1, 0.15) is 0 Å². The number of nitrogens with one attached hydrogen (secondary N) is 1. The van der Waals surface area contributed by atoms with Crippen LogP contribution in [0.3, 0.4) is 0 Å². The maximum atomic E-state index is 12.8. The van der Waals surface area contributed by atoms with Gasteiger partial charge in [-0.05, 0) is 44.2 Å². The lowest BCUT2D eigenvalue weighted by atomic mass is 9.93. The van der Waals surface area contributed by atoms with Crippen molar-refractivity contribution < 1.29 is 13.2 Å². The van der Waals surface area contributed by atoms with E-state index in [0.717, 1.165) is 26.1 Å². The van der Waals surface area contributed by atoms with Crippen molar-refractivity contribution in [1.82, 2.24) is 9.62 Å². The van der Waals surface area contributed by atoms with Crippen LogP contribution in [0.4, 0.5) is 0 Å². The Morgan fingerprint density at radius 2 is 2.00 bits per heavy atom. The number of sulfonamides is 1. The molecule has 0 aliphatic carbocycles. The molecule has 0 aromatic carbocycles. The standard InChI is InChI=1S/C13H24N2O3S/c1-2-13-12-8-14-7-10(12)9-15(13)19(16,17)11-3-5-18-6-4-11/h10-14H,2-9H2,1H3. The first-order valence-corrected chi connectivity index (χ1v) is 8.94. The zero-order valence-electron chi connectivity index (χ0n) is 11.5. The average Bonchev–Trinajstić information content (AvgIpc) is 2.99. The summed E-state index contributed by atoms with van der Waals surface area (Å²) in [5.41, 5.74) is 0. The molecule has 3 atom stereocenters. The molecule has 3 saturated heterocycles. The van der Waals surface area contributed by atoms with E-state index in [2.05, 4.69) is 12.2 Å². The van der Waals surface area contributed by atoms with Crippen LogP contribution < -0.4 is 5.32 Å². The highest BCUT2D eigenvalue weighted by Crippen LogP contribution is 2.38. The van der Waals surface area contributed by atoms with E-state index in [1.165, 1.54) is 0 Å². The van der Waals surface area contributed by atoms with E-state index in [1.54, 1.807) is 0 Å². The van der Waals surface area contributed by atoms with Gasteiger partial charge >= 0.3 is 0 Å². The van der Waals surface area contributed by atoms with Crippen molar-refractivity contribution in [3.63, 3.8) is 0 Å². The second kappa shape index (κ2) is 5.31. The number of hydrogen-bond donors (Lipinski definition) is 1. The van der Waals surface area contributed by atoms with E-state index >= 15 is 0 Å². The fourth-order valence-electron chi connectivity index (χ4n) is 3.95. The second-order valence-electron chi connectivity index (χ2n) is 5.98. The Balaban J connectivity index is 1.80. The molecule has 3 heterocycles. The molecule has 3 rings (SSSR count). The molecule has 0 spiro atoms. The normalized spacial score (nSPS) is 37.6. The van der Waals surface area contributed by atoms with Gasteiger partial charge in [-0.15, -0.1) is 0 Å². The van der Waals surface area contributed by atoms with Crippen LogP contribution in [-0.4, -0.2) is 56.9 Å². The first-order valence-electron chi connectivity index (χ1n) is 7.43. The molecule has 5 nitrogen and oxygen atoms in total. The van der Waals surface area contributed by atoms with Crippen molar-refractivity contribution in [2.45, 2.75) is 37.5 Å². The summed E-state index contributed by atoms with van der Waals surface area (Å²) in [6, 6.07) is 0.202. The van der Waals surface area contributed by atoms with E-state index in [9.17, 15) is 8.42 Å². The third-order valence-corrected chi connectivity index (χ3v) is 7.39. The number of hydrogen-bond acceptors (Lipinski definition) is 4. The van der Waals surface area contributed by atoms with Crippen molar-refractivity contribution >= 4 is 10.0 Å². The zero-order valence-corrected chi connectivity index (χ0v) is 12.4. The van der Waals surface area contributed by atoms with Crippen LogP contribution in [0.5, 0.6) is 0 Å². The Labute approximate surface area is 115 Å². The molecule has 3 aliphatic rings. The lowest BCUT2D eigenvalue weighted by Gasteiger charge is -2.31. The average molecular weight is 288 g/mol. The smallest absolute Gasteiger partial charge is 0.217 e. The maximum absolute atomic E-state index is 12.8. The van der Waals surface area contributed by atoms with Crippen LogP contribution in [0, 0.1) is 11.8 Å². The Hall–Kier alpha value is -0.170. The fraction of sp³-hybridized carbons (Fsp3) is 1.00. The number of nitrogens with zero attached hydrogens (tertiary/aromatic N) is 1. The summed E-state index contributed by atoms with van der Waals surface area (Å²) in [7, 11) is -3.14. The van der Waals surface area contributed by atoms with Crippen molar-refractivity contribution in [3.05, 3.63) is 0 Å². The van der Waals surface area contributed by atoms with Gasteiger partial charge in [0.25, 0.3) is 0 Å². The van der Waals surface area contributed by atoms with Crippen molar-refractivity contribution in [3.8, 4) is 0 Å².